The highest BCUT2D eigenvalue weighted by Crippen LogP contribution is 2.43. The monoisotopic (exact) mass is 218 g/mol. The van der Waals surface area contributed by atoms with Crippen LogP contribution >= 0.6 is 35.3 Å². The SMILES string of the molecule is CSC1=CCC=C(SC(C)C)S1. The van der Waals surface area contributed by atoms with Crippen molar-refractivity contribution in [3.05, 3.63) is 20.6 Å². The Labute approximate surface area is 87.6 Å². The number of thioether (sulfide) groups is 3. The third kappa shape index (κ3) is 3.50. The Morgan fingerprint density at radius 2 is 2.00 bits per heavy atom. The molecule has 0 nitrogen and oxygen atoms in total. The summed E-state index contributed by atoms with van der Waals surface area (Å²) in [6.45, 7) is 4.48. The summed E-state index contributed by atoms with van der Waals surface area (Å²) in [5.41, 5.74) is 0. The molecule has 0 saturated carbocycles. The summed E-state index contributed by atoms with van der Waals surface area (Å²) in [5.74, 6) is 0. The van der Waals surface area contributed by atoms with E-state index in [2.05, 4.69) is 32.3 Å². The van der Waals surface area contributed by atoms with Crippen LogP contribution in [0.2, 0.25) is 0 Å². The zero-order valence-electron chi connectivity index (χ0n) is 7.66. The Bertz CT molecular complexity index is 204. The van der Waals surface area contributed by atoms with Crippen molar-refractivity contribution in [3.63, 3.8) is 0 Å². The second-order valence-corrected chi connectivity index (χ2v) is 6.82. The molecular formula is C9H14S3. The molecule has 1 rings (SSSR count). The van der Waals surface area contributed by atoms with E-state index in [1.54, 1.807) is 0 Å². The molecule has 0 bridgehead atoms. The normalized spacial score (nSPS) is 17.7. The minimum Gasteiger partial charge on any atom is -0.123 e. The number of rotatable bonds is 3. The van der Waals surface area contributed by atoms with E-state index in [4.69, 9.17) is 0 Å². The van der Waals surface area contributed by atoms with Crippen LogP contribution in [0.25, 0.3) is 0 Å². The van der Waals surface area contributed by atoms with Crippen molar-refractivity contribution in [1.82, 2.24) is 0 Å². The summed E-state index contributed by atoms with van der Waals surface area (Å²) in [6.07, 6.45) is 7.86. The topological polar surface area (TPSA) is 0 Å². The molecule has 0 atom stereocenters. The van der Waals surface area contributed by atoms with Gasteiger partial charge in [0.2, 0.25) is 0 Å². The Hall–Kier alpha value is 0.530. The first-order valence-electron chi connectivity index (χ1n) is 4.01. The second kappa shape index (κ2) is 5.30. The maximum absolute atomic E-state index is 2.31. The highest BCUT2D eigenvalue weighted by molar-refractivity contribution is 8.31. The predicted octanol–water partition coefficient (Wildman–Crippen LogP) is 4.31. The zero-order valence-corrected chi connectivity index (χ0v) is 10.1. The van der Waals surface area contributed by atoms with Gasteiger partial charge in [0.25, 0.3) is 0 Å². The standard InChI is InChI=1S/C9H14S3/c1-7(2)11-9-6-4-5-8(10-3)12-9/h5-7H,4H2,1-3H3. The zero-order chi connectivity index (χ0) is 8.97. The molecule has 0 saturated heterocycles. The van der Waals surface area contributed by atoms with E-state index in [1.165, 1.54) is 8.47 Å². The number of hydrogen-bond donors (Lipinski definition) is 0. The van der Waals surface area contributed by atoms with Crippen LogP contribution in [-0.4, -0.2) is 11.5 Å². The lowest BCUT2D eigenvalue weighted by molar-refractivity contribution is 1.12. The largest absolute Gasteiger partial charge is 0.123 e. The quantitative estimate of drug-likeness (QED) is 0.693. The van der Waals surface area contributed by atoms with E-state index in [9.17, 15) is 0 Å². The van der Waals surface area contributed by atoms with Gasteiger partial charge in [0.15, 0.2) is 0 Å². The van der Waals surface area contributed by atoms with Crippen LogP contribution in [-0.2, 0) is 0 Å². The lowest BCUT2D eigenvalue weighted by Gasteiger charge is -2.13. The van der Waals surface area contributed by atoms with E-state index < -0.39 is 0 Å². The number of allylic oxidation sites excluding steroid dienone is 2. The predicted molar refractivity (Wildman–Crippen MR) is 64.6 cm³/mol. The summed E-state index contributed by atoms with van der Waals surface area (Å²) in [7, 11) is 0. The summed E-state index contributed by atoms with van der Waals surface area (Å²) in [6, 6.07) is 0. The highest BCUT2D eigenvalue weighted by atomic mass is 32.2. The van der Waals surface area contributed by atoms with Crippen LogP contribution in [0.3, 0.4) is 0 Å². The van der Waals surface area contributed by atoms with Gasteiger partial charge < -0.3 is 0 Å². The van der Waals surface area contributed by atoms with Gasteiger partial charge in [0, 0.05) is 13.7 Å². The molecule has 0 aromatic carbocycles. The molecule has 0 unspecified atom stereocenters. The highest BCUT2D eigenvalue weighted by Gasteiger charge is 2.08. The van der Waals surface area contributed by atoms with Crippen LogP contribution in [0.5, 0.6) is 0 Å². The van der Waals surface area contributed by atoms with Crippen LogP contribution in [0.1, 0.15) is 20.3 Å². The molecule has 0 aliphatic carbocycles. The third-order valence-electron chi connectivity index (χ3n) is 1.32. The van der Waals surface area contributed by atoms with Gasteiger partial charge in [-0.2, -0.15) is 0 Å². The number of hydrogen-bond acceptors (Lipinski definition) is 3. The van der Waals surface area contributed by atoms with Crippen molar-refractivity contribution in [2.75, 3.05) is 6.26 Å². The first-order chi connectivity index (χ1) is 5.72. The first kappa shape index (κ1) is 10.6. The maximum atomic E-state index is 2.31. The molecule has 0 N–H and O–H groups in total. The van der Waals surface area contributed by atoms with E-state index in [0.29, 0.717) is 5.25 Å². The minimum absolute atomic E-state index is 0.699. The van der Waals surface area contributed by atoms with Gasteiger partial charge in [0.05, 0.1) is 0 Å². The maximum Gasteiger partial charge on any atom is 0.0420 e. The molecule has 0 amide bonds. The smallest absolute Gasteiger partial charge is 0.0420 e. The Morgan fingerprint density at radius 1 is 1.33 bits per heavy atom. The van der Waals surface area contributed by atoms with E-state index in [0.717, 1.165) is 6.42 Å². The van der Waals surface area contributed by atoms with Gasteiger partial charge in [-0.05, 0) is 12.7 Å². The van der Waals surface area contributed by atoms with Crippen molar-refractivity contribution in [3.8, 4) is 0 Å². The van der Waals surface area contributed by atoms with Crippen LogP contribution in [0.15, 0.2) is 20.6 Å². The molecule has 3 heteroatoms. The molecule has 12 heavy (non-hydrogen) atoms. The summed E-state index contributed by atoms with van der Waals surface area (Å²) in [5, 5.41) is 0.699. The fourth-order valence-corrected chi connectivity index (χ4v) is 4.14. The lowest BCUT2D eigenvalue weighted by atomic mass is 10.4. The molecule has 1 aliphatic rings. The Balaban J connectivity index is 2.43. The van der Waals surface area contributed by atoms with Crippen molar-refractivity contribution in [2.24, 2.45) is 0 Å². The van der Waals surface area contributed by atoms with Gasteiger partial charge in [-0.3, -0.25) is 0 Å². The van der Waals surface area contributed by atoms with Crippen molar-refractivity contribution in [2.45, 2.75) is 25.5 Å². The van der Waals surface area contributed by atoms with Crippen LogP contribution in [0.4, 0.5) is 0 Å². The van der Waals surface area contributed by atoms with Crippen molar-refractivity contribution < 1.29 is 0 Å². The molecule has 68 valence electrons. The van der Waals surface area contributed by atoms with Gasteiger partial charge in [-0.15, -0.1) is 23.5 Å². The molecule has 0 aromatic heterocycles. The summed E-state index contributed by atoms with van der Waals surface area (Å²) in [4.78, 5) is 0. The van der Waals surface area contributed by atoms with Gasteiger partial charge in [0.1, 0.15) is 0 Å². The molecular weight excluding hydrogens is 204 g/mol. The first-order valence-corrected chi connectivity index (χ1v) is 6.93. The molecule has 0 fully saturated rings. The molecule has 1 heterocycles. The van der Waals surface area contributed by atoms with E-state index >= 15 is 0 Å². The van der Waals surface area contributed by atoms with Crippen LogP contribution < -0.4 is 0 Å². The summed E-state index contributed by atoms with van der Waals surface area (Å²) < 4.78 is 2.91. The fourth-order valence-electron chi connectivity index (χ4n) is 0.863. The van der Waals surface area contributed by atoms with Crippen LogP contribution in [0, 0.1) is 0 Å². The average Bonchev–Trinajstić information content (AvgIpc) is 2.03. The molecule has 0 spiro atoms. The Morgan fingerprint density at radius 3 is 2.58 bits per heavy atom. The lowest BCUT2D eigenvalue weighted by Crippen LogP contribution is -1.88. The van der Waals surface area contributed by atoms with Gasteiger partial charge in [-0.25, -0.2) is 0 Å². The fraction of sp³-hybridized carbons (Fsp3) is 0.556. The minimum atomic E-state index is 0.699. The molecule has 1 aliphatic heterocycles. The summed E-state index contributed by atoms with van der Waals surface area (Å²) >= 11 is 5.72. The Kier molecular flexibility index (Phi) is 4.69. The van der Waals surface area contributed by atoms with E-state index in [-0.39, 0.29) is 0 Å². The molecule has 0 aromatic rings. The average molecular weight is 218 g/mol. The second-order valence-electron chi connectivity index (χ2n) is 2.75. The van der Waals surface area contributed by atoms with E-state index in [1.807, 2.05) is 35.3 Å². The van der Waals surface area contributed by atoms with Crippen molar-refractivity contribution in [1.29, 1.82) is 0 Å². The molecule has 0 radical (unpaired) electrons. The van der Waals surface area contributed by atoms with Gasteiger partial charge >= 0.3 is 0 Å². The van der Waals surface area contributed by atoms with Crippen molar-refractivity contribution >= 4 is 35.3 Å². The van der Waals surface area contributed by atoms with Gasteiger partial charge in [-0.1, -0.05) is 37.8 Å². The third-order valence-corrected chi connectivity index (χ3v) is 4.79.